The molecule has 1 fully saturated rings. The van der Waals surface area contributed by atoms with Gasteiger partial charge in [-0.15, -0.1) is 0 Å². The van der Waals surface area contributed by atoms with Crippen LogP contribution in [-0.2, 0) is 6.61 Å². The molecule has 4 aromatic rings. The van der Waals surface area contributed by atoms with Crippen LogP contribution in [0.3, 0.4) is 0 Å². The summed E-state index contributed by atoms with van der Waals surface area (Å²) in [6.07, 6.45) is 3.28. The Hall–Kier alpha value is -3.03. The van der Waals surface area contributed by atoms with E-state index in [4.69, 9.17) is 44.6 Å². The zero-order valence-corrected chi connectivity index (χ0v) is 22.1. The minimum absolute atomic E-state index is 0.204. The predicted molar refractivity (Wildman–Crippen MR) is 147 cm³/mol. The Balaban J connectivity index is 1.47. The first-order valence-electron chi connectivity index (χ1n) is 12.1. The lowest BCUT2D eigenvalue weighted by Crippen LogP contribution is -2.45. The third kappa shape index (κ3) is 4.71. The second-order valence-corrected chi connectivity index (χ2v) is 10.5. The number of amides is 1. The van der Waals surface area contributed by atoms with Crippen molar-refractivity contribution in [3.8, 4) is 33.8 Å². The van der Waals surface area contributed by atoms with Crippen LogP contribution in [0.1, 0.15) is 35.3 Å². The van der Waals surface area contributed by atoms with Gasteiger partial charge in [0.1, 0.15) is 12.4 Å². The van der Waals surface area contributed by atoms with Gasteiger partial charge >= 0.3 is 0 Å². The van der Waals surface area contributed by atoms with Gasteiger partial charge in [-0.25, -0.2) is 9.69 Å². The van der Waals surface area contributed by atoms with Crippen LogP contribution in [0.4, 0.5) is 0 Å². The van der Waals surface area contributed by atoms with E-state index in [9.17, 15) is 4.79 Å². The van der Waals surface area contributed by atoms with Crippen LogP contribution in [0.5, 0.6) is 5.75 Å². The molecule has 3 heterocycles. The number of benzene rings is 3. The molecule has 1 N–H and O–H groups in total. The Morgan fingerprint density at radius 1 is 0.892 bits per heavy atom. The molecule has 0 aliphatic carbocycles. The first-order chi connectivity index (χ1) is 18.0. The number of hydrogen-bond donors (Lipinski definition) is 1. The summed E-state index contributed by atoms with van der Waals surface area (Å²) in [5, 5.41) is 8.34. The fourth-order valence-corrected chi connectivity index (χ4v) is 5.59. The molecule has 3 aromatic carbocycles. The van der Waals surface area contributed by atoms with Crippen molar-refractivity contribution in [3.63, 3.8) is 0 Å². The number of nitrogens with zero attached hydrogens (tertiary/aromatic N) is 3. The second kappa shape index (κ2) is 10.0. The minimum Gasteiger partial charge on any atom is -0.488 e. The average Bonchev–Trinajstić information content (AvgIpc) is 3.29. The van der Waals surface area contributed by atoms with E-state index >= 15 is 0 Å². The molecule has 2 aliphatic heterocycles. The topological polar surface area (TPSA) is 59.4 Å². The fourth-order valence-electron chi connectivity index (χ4n) is 4.91. The Kier molecular flexibility index (Phi) is 6.59. The zero-order valence-electron chi connectivity index (χ0n) is 19.8. The van der Waals surface area contributed by atoms with Gasteiger partial charge in [0.05, 0.1) is 16.4 Å². The summed E-state index contributed by atoms with van der Waals surface area (Å²) < 4.78 is 7.91. The Bertz CT molecular complexity index is 1510. The van der Waals surface area contributed by atoms with Gasteiger partial charge in [-0.05, 0) is 66.4 Å². The van der Waals surface area contributed by atoms with Gasteiger partial charge < -0.3 is 4.74 Å². The summed E-state index contributed by atoms with van der Waals surface area (Å²) in [6, 6.07) is 18.9. The molecule has 9 heteroatoms. The maximum absolute atomic E-state index is 13.4. The van der Waals surface area contributed by atoms with E-state index in [0.717, 1.165) is 48.3 Å². The molecule has 37 heavy (non-hydrogen) atoms. The second-order valence-electron chi connectivity index (χ2n) is 9.18. The quantitative estimate of drug-likeness (QED) is 0.291. The van der Waals surface area contributed by atoms with Crippen molar-refractivity contribution in [3.05, 3.63) is 87.0 Å². The zero-order chi connectivity index (χ0) is 25.5. The van der Waals surface area contributed by atoms with Crippen molar-refractivity contribution in [1.82, 2.24) is 20.2 Å². The molecule has 2 aliphatic rings. The molecule has 6 nitrogen and oxygen atoms in total. The molecular weight excluding hydrogens is 531 g/mol. The lowest BCUT2D eigenvalue weighted by atomic mass is 9.97. The van der Waals surface area contributed by atoms with E-state index in [-0.39, 0.29) is 12.5 Å². The van der Waals surface area contributed by atoms with Crippen LogP contribution in [0.15, 0.2) is 60.7 Å². The summed E-state index contributed by atoms with van der Waals surface area (Å²) in [7, 11) is 0. The maximum Gasteiger partial charge on any atom is 0.286 e. The van der Waals surface area contributed by atoms with Crippen molar-refractivity contribution in [2.45, 2.75) is 25.9 Å². The van der Waals surface area contributed by atoms with Crippen LogP contribution in [0.25, 0.3) is 28.1 Å². The van der Waals surface area contributed by atoms with E-state index < -0.39 is 0 Å². The third-order valence-electron chi connectivity index (χ3n) is 6.72. The van der Waals surface area contributed by atoms with E-state index in [1.165, 1.54) is 6.42 Å². The van der Waals surface area contributed by atoms with Gasteiger partial charge in [-0.3, -0.25) is 10.2 Å². The number of piperidine rings is 1. The van der Waals surface area contributed by atoms with Crippen molar-refractivity contribution in [1.29, 1.82) is 0 Å². The fraction of sp³-hybridized carbons (Fsp3) is 0.214. The number of nitrogens with one attached hydrogen (secondary N) is 1. The molecule has 188 valence electrons. The first kappa shape index (κ1) is 24.3. The van der Waals surface area contributed by atoms with Crippen LogP contribution in [0.2, 0.25) is 15.1 Å². The number of ether oxygens (including phenoxy) is 1. The maximum atomic E-state index is 13.4. The molecule has 1 saturated heterocycles. The Morgan fingerprint density at radius 2 is 1.68 bits per heavy atom. The Labute approximate surface area is 229 Å². The van der Waals surface area contributed by atoms with Crippen LogP contribution in [0, 0.1) is 0 Å². The molecule has 0 bridgehead atoms. The highest BCUT2D eigenvalue weighted by molar-refractivity contribution is 6.35. The Morgan fingerprint density at radius 3 is 2.46 bits per heavy atom. The molecule has 0 spiro atoms. The van der Waals surface area contributed by atoms with Gasteiger partial charge in [0, 0.05) is 34.3 Å². The summed E-state index contributed by atoms with van der Waals surface area (Å²) in [5.74, 6) is 0.434. The van der Waals surface area contributed by atoms with Crippen molar-refractivity contribution >= 4 is 40.7 Å². The van der Waals surface area contributed by atoms with Crippen LogP contribution >= 0.6 is 34.8 Å². The van der Waals surface area contributed by atoms with Crippen LogP contribution < -0.4 is 10.2 Å². The number of carbonyl (C=O) groups is 1. The van der Waals surface area contributed by atoms with Crippen LogP contribution in [-0.4, -0.2) is 33.8 Å². The van der Waals surface area contributed by atoms with Crippen molar-refractivity contribution in [2.75, 3.05) is 13.1 Å². The summed E-state index contributed by atoms with van der Waals surface area (Å²) in [4.78, 5) is 13.4. The minimum atomic E-state index is -0.260. The van der Waals surface area contributed by atoms with Gasteiger partial charge in [-0.1, -0.05) is 59.4 Å². The smallest absolute Gasteiger partial charge is 0.286 e. The standard InChI is InChI=1S/C28H23Cl3N4O2/c29-19-6-4-5-17(13-19)18-7-9-21-25(14-18)37-16-22-26(28(36)33-34-11-2-1-3-12-34)32-35(27(21)22)24-10-8-20(30)15-23(24)31/h4-10,13-15H,1-3,11-12,16H2,(H,33,36). The molecule has 1 amide bonds. The van der Waals surface area contributed by atoms with E-state index in [1.54, 1.807) is 22.9 Å². The normalized spacial score (nSPS) is 15.0. The molecule has 0 radical (unpaired) electrons. The highest BCUT2D eigenvalue weighted by Gasteiger charge is 2.31. The molecule has 1 aromatic heterocycles. The van der Waals surface area contributed by atoms with E-state index in [1.807, 2.05) is 47.5 Å². The van der Waals surface area contributed by atoms with Gasteiger partial charge in [0.15, 0.2) is 5.69 Å². The molecular formula is C28H23Cl3N4O2. The highest BCUT2D eigenvalue weighted by Crippen LogP contribution is 2.43. The lowest BCUT2D eigenvalue weighted by molar-refractivity contribution is 0.0742. The highest BCUT2D eigenvalue weighted by atomic mass is 35.5. The monoisotopic (exact) mass is 552 g/mol. The first-order valence-corrected chi connectivity index (χ1v) is 13.3. The SMILES string of the molecule is O=C(NN1CCCCC1)c1nn(-c2ccc(Cl)cc2Cl)c2c1COc1cc(-c3cccc(Cl)c3)ccc1-2. The molecule has 0 unspecified atom stereocenters. The number of aromatic nitrogens is 2. The summed E-state index contributed by atoms with van der Waals surface area (Å²) in [6.45, 7) is 1.85. The number of hydrogen-bond acceptors (Lipinski definition) is 4. The summed E-state index contributed by atoms with van der Waals surface area (Å²) >= 11 is 19.0. The van der Waals surface area contributed by atoms with Crippen molar-refractivity contribution < 1.29 is 9.53 Å². The van der Waals surface area contributed by atoms with Crippen molar-refractivity contribution in [2.24, 2.45) is 0 Å². The van der Waals surface area contributed by atoms with E-state index in [2.05, 4.69) is 5.43 Å². The number of hydrazine groups is 1. The third-order valence-corrected chi connectivity index (χ3v) is 7.49. The average molecular weight is 554 g/mol. The summed E-state index contributed by atoms with van der Waals surface area (Å²) in [5.41, 5.74) is 8.24. The molecule has 0 saturated carbocycles. The molecule has 0 atom stereocenters. The number of rotatable bonds is 4. The van der Waals surface area contributed by atoms with E-state index in [0.29, 0.717) is 37.8 Å². The van der Waals surface area contributed by atoms with Gasteiger partial charge in [-0.2, -0.15) is 5.10 Å². The van der Waals surface area contributed by atoms with Gasteiger partial charge in [0.2, 0.25) is 0 Å². The van der Waals surface area contributed by atoms with Gasteiger partial charge in [0.25, 0.3) is 5.91 Å². The number of carbonyl (C=O) groups excluding carboxylic acids is 1. The predicted octanol–water partition coefficient (Wildman–Crippen LogP) is 7.19. The number of fused-ring (bicyclic) bond motifs is 3. The largest absolute Gasteiger partial charge is 0.488 e. The molecule has 6 rings (SSSR count). The lowest BCUT2D eigenvalue weighted by Gasteiger charge is -2.26. The number of halogens is 3.